The number of aromatic amines is 1. The second-order valence-electron chi connectivity index (χ2n) is 7.96. The summed E-state index contributed by atoms with van der Waals surface area (Å²) in [5.41, 5.74) is 1.43. The molecular formula is C24H23ClN4O7. The van der Waals surface area contributed by atoms with Gasteiger partial charge >= 0.3 is 11.9 Å². The van der Waals surface area contributed by atoms with Gasteiger partial charge in [0.2, 0.25) is 5.91 Å². The highest BCUT2D eigenvalue weighted by molar-refractivity contribution is 6.29. The molecule has 11 nitrogen and oxygen atoms in total. The van der Waals surface area contributed by atoms with Crippen LogP contribution in [0.2, 0.25) is 0 Å². The molecule has 0 saturated carbocycles. The number of aromatic nitrogens is 2. The number of carboxylic acids is 2. The van der Waals surface area contributed by atoms with Crippen molar-refractivity contribution in [3.8, 4) is 0 Å². The number of carboxylic acid groups (broad SMARTS) is 2. The van der Waals surface area contributed by atoms with E-state index in [4.69, 9.17) is 16.7 Å². The third-order valence-corrected chi connectivity index (χ3v) is 5.56. The minimum atomic E-state index is -1.36. The fourth-order valence-electron chi connectivity index (χ4n) is 3.54. The van der Waals surface area contributed by atoms with Crippen LogP contribution in [0.15, 0.2) is 47.3 Å². The highest BCUT2D eigenvalue weighted by atomic mass is 35.5. The number of amides is 2. The number of nitrogens with one attached hydrogen (secondary N) is 2. The number of halogens is 1. The third-order valence-electron chi connectivity index (χ3n) is 5.34. The van der Waals surface area contributed by atoms with Crippen LogP contribution in [0.5, 0.6) is 0 Å². The maximum atomic E-state index is 12.6. The Morgan fingerprint density at radius 2 is 1.81 bits per heavy atom. The standard InChI is InChI=1S/C24H23ClN4O7/c1-13-26-18-7-2-14(10-17(18)23(34)27-13)12-29(20(30)11-25)16-5-3-15(4-6-16)22(33)28-19(24(35)36)8-9-21(31)32/h2-7,10,19H,8-9,11-12H2,1H3,(H,28,33)(H,31,32)(H,35,36)(H,26,27,34). The Kier molecular flexibility index (Phi) is 8.38. The quantitative estimate of drug-likeness (QED) is 0.298. The minimum absolute atomic E-state index is 0.0939. The Labute approximate surface area is 209 Å². The molecule has 3 aromatic rings. The Hall–Kier alpha value is -4.25. The average Bonchev–Trinajstić information content (AvgIpc) is 2.84. The average molecular weight is 515 g/mol. The number of rotatable bonds is 10. The van der Waals surface area contributed by atoms with Gasteiger partial charge in [0, 0.05) is 17.7 Å². The lowest BCUT2D eigenvalue weighted by Crippen LogP contribution is -2.41. The van der Waals surface area contributed by atoms with Crippen molar-refractivity contribution in [3.63, 3.8) is 0 Å². The molecule has 4 N–H and O–H groups in total. The number of hydrogen-bond donors (Lipinski definition) is 4. The first-order chi connectivity index (χ1) is 17.1. The number of alkyl halides is 1. The highest BCUT2D eigenvalue weighted by Gasteiger charge is 2.22. The van der Waals surface area contributed by atoms with E-state index in [9.17, 15) is 29.1 Å². The lowest BCUT2D eigenvalue weighted by atomic mass is 10.1. The first-order valence-electron chi connectivity index (χ1n) is 10.8. The zero-order valence-corrected chi connectivity index (χ0v) is 19.9. The number of H-pyrrole nitrogens is 1. The van der Waals surface area contributed by atoms with Crippen LogP contribution in [0.4, 0.5) is 5.69 Å². The smallest absolute Gasteiger partial charge is 0.326 e. The minimum Gasteiger partial charge on any atom is -0.481 e. The van der Waals surface area contributed by atoms with Gasteiger partial charge in [-0.2, -0.15) is 0 Å². The molecule has 2 aromatic carbocycles. The summed E-state index contributed by atoms with van der Waals surface area (Å²) in [6.07, 6.45) is -0.682. The molecule has 0 aliphatic rings. The Bertz CT molecular complexity index is 1370. The Balaban J connectivity index is 1.81. The SMILES string of the molecule is Cc1nc2ccc(CN(C(=O)CCl)c3ccc(C(=O)NC(CCC(=O)O)C(=O)O)cc3)cc2c(=O)[nH]1. The summed E-state index contributed by atoms with van der Waals surface area (Å²) in [6, 6.07) is 9.54. The summed E-state index contributed by atoms with van der Waals surface area (Å²) in [5, 5.41) is 20.7. The summed E-state index contributed by atoms with van der Waals surface area (Å²) in [5.74, 6) is -3.46. The zero-order valence-electron chi connectivity index (χ0n) is 19.2. The van der Waals surface area contributed by atoms with E-state index in [1.165, 1.54) is 29.2 Å². The number of carbonyl (C=O) groups is 4. The van der Waals surface area contributed by atoms with E-state index in [-0.39, 0.29) is 30.0 Å². The second-order valence-corrected chi connectivity index (χ2v) is 8.23. The van der Waals surface area contributed by atoms with Crippen molar-refractivity contribution < 1.29 is 29.4 Å². The zero-order chi connectivity index (χ0) is 26.4. The van der Waals surface area contributed by atoms with E-state index in [1.807, 2.05) is 0 Å². The molecule has 0 radical (unpaired) electrons. The highest BCUT2D eigenvalue weighted by Crippen LogP contribution is 2.21. The number of aryl methyl sites for hydroxylation is 1. The molecule has 0 aliphatic carbocycles. The molecule has 1 heterocycles. The lowest BCUT2D eigenvalue weighted by Gasteiger charge is -2.23. The van der Waals surface area contributed by atoms with Crippen molar-refractivity contribution >= 4 is 51.9 Å². The summed E-state index contributed by atoms with van der Waals surface area (Å²) in [6.45, 7) is 1.77. The van der Waals surface area contributed by atoms with Crippen molar-refractivity contribution in [1.82, 2.24) is 15.3 Å². The van der Waals surface area contributed by atoms with Crippen molar-refractivity contribution in [1.29, 1.82) is 0 Å². The molecular weight excluding hydrogens is 492 g/mol. The molecule has 2 amide bonds. The first-order valence-corrected chi connectivity index (χ1v) is 11.3. The molecule has 0 spiro atoms. The third kappa shape index (κ3) is 6.45. The van der Waals surface area contributed by atoms with Gasteiger partial charge in [0.15, 0.2) is 0 Å². The van der Waals surface area contributed by atoms with Crippen molar-refractivity contribution in [2.45, 2.75) is 32.4 Å². The number of benzene rings is 2. The fourth-order valence-corrected chi connectivity index (χ4v) is 3.68. The summed E-state index contributed by atoms with van der Waals surface area (Å²) in [4.78, 5) is 67.7. The molecule has 0 saturated heterocycles. The van der Waals surface area contributed by atoms with Crippen LogP contribution in [-0.2, 0) is 20.9 Å². The monoisotopic (exact) mass is 514 g/mol. The molecule has 1 unspecified atom stereocenters. The molecule has 0 aliphatic heterocycles. The maximum absolute atomic E-state index is 12.6. The van der Waals surface area contributed by atoms with E-state index in [0.29, 0.717) is 28.0 Å². The lowest BCUT2D eigenvalue weighted by molar-refractivity contribution is -0.140. The molecule has 188 valence electrons. The van der Waals surface area contributed by atoms with E-state index in [0.717, 1.165) is 0 Å². The van der Waals surface area contributed by atoms with Gasteiger partial charge in [0.25, 0.3) is 11.5 Å². The normalized spacial score (nSPS) is 11.6. The number of anilines is 1. The van der Waals surface area contributed by atoms with Crippen LogP contribution in [0, 0.1) is 6.92 Å². The predicted octanol–water partition coefficient (Wildman–Crippen LogP) is 2.05. The Morgan fingerprint density at radius 1 is 1.11 bits per heavy atom. The van der Waals surface area contributed by atoms with Crippen molar-refractivity contribution in [2.75, 3.05) is 10.8 Å². The van der Waals surface area contributed by atoms with E-state index >= 15 is 0 Å². The first kappa shape index (κ1) is 26.4. The Morgan fingerprint density at radius 3 is 2.42 bits per heavy atom. The number of aliphatic carboxylic acids is 2. The van der Waals surface area contributed by atoms with Gasteiger partial charge in [-0.25, -0.2) is 9.78 Å². The van der Waals surface area contributed by atoms with Crippen LogP contribution < -0.4 is 15.8 Å². The van der Waals surface area contributed by atoms with E-state index in [2.05, 4.69) is 15.3 Å². The van der Waals surface area contributed by atoms with Crippen LogP contribution in [0.3, 0.4) is 0 Å². The fraction of sp³-hybridized carbons (Fsp3) is 0.250. The van der Waals surface area contributed by atoms with Gasteiger partial charge in [-0.05, 0) is 55.3 Å². The van der Waals surface area contributed by atoms with E-state index < -0.39 is 36.2 Å². The van der Waals surface area contributed by atoms with Crippen molar-refractivity contribution in [2.24, 2.45) is 0 Å². The molecule has 1 aromatic heterocycles. The van der Waals surface area contributed by atoms with Gasteiger partial charge in [0.1, 0.15) is 17.7 Å². The number of fused-ring (bicyclic) bond motifs is 1. The van der Waals surface area contributed by atoms with Gasteiger partial charge in [-0.3, -0.25) is 19.2 Å². The summed E-state index contributed by atoms with van der Waals surface area (Å²) < 4.78 is 0. The topological polar surface area (TPSA) is 170 Å². The van der Waals surface area contributed by atoms with Crippen molar-refractivity contribution in [3.05, 3.63) is 69.8 Å². The van der Waals surface area contributed by atoms with Crippen LogP contribution in [0.1, 0.15) is 34.6 Å². The largest absolute Gasteiger partial charge is 0.481 e. The number of nitrogens with zero attached hydrogens (tertiary/aromatic N) is 2. The predicted molar refractivity (Wildman–Crippen MR) is 131 cm³/mol. The molecule has 12 heteroatoms. The van der Waals surface area contributed by atoms with Gasteiger partial charge in [0.05, 0.1) is 17.4 Å². The van der Waals surface area contributed by atoms with Gasteiger partial charge in [-0.1, -0.05) is 6.07 Å². The molecule has 1 atom stereocenters. The molecule has 3 rings (SSSR count). The van der Waals surface area contributed by atoms with Gasteiger partial charge < -0.3 is 25.4 Å². The summed E-state index contributed by atoms with van der Waals surface area (Å²) >= 11 is 5.80. The molecule has 0 bridgehead atoms. The summed E-state index contributed by atoms with van der Waals surface area (Å²) in [7, 11) is 0. The van der Waals surface area contributed by atoms with E-state index in [1.54, 1.807) is 25.1 Å². The van der Waals surface area contributed by atoms with Crippen LogP contribution in [0.25, 0.3) is 10.9 Å². The maximum Gasteiger partial charge on any atom is 0.326 e. The van der Waals surface area contributed by atoms with Gasteiger partial charge in [-0.15, -0.1) is 11.6 Å². The number of hydrogen-bond acceptors (Lipinski definition) is 6. The number of carbonyl (C=O) groups excluding carboxylic acids is 2. The van der Waals surface area contributed by atoms with Crippen LogP contribution >= 0.6 is 11.6 Å². The second kappa shape index (κ2) is 11.5. The molecule has 36 heavy (non-hydrogen) atoms. The molecule has 0 fully saturated rings. The van der Waals surface area contributed by atoms with Crippen LogP contribution in [-0.4, -0.2) is 55.9 Å².